The highest BCUT2D eigenvalue weighted by molar-refractivity contribution is 5.28. The van der Waals surface area contributed by atoms with Gasteiger partial charge in [-0.3, -0.25) is 4.90 Å². The van der Waals surface area contributed by atoms with Gasteiger partial charge < -0.3 is 9.30 Å². The molecule has 1 aliphatic heterocycles. The van der Waals surface area contributed by atoms with E-state index in [4.69, 9.17) is 0 Å². The third kappa shape index (κ3) is 4.67. The first-order valence-corrected chi connectivity index (χ1v) is 9.94. The van der Waals surface area contributed by atoms with Crippen molar-refractivity contribution in [3.05, 3.63) is 48.0 Å². The molecule has 2 fully saturated rings. The van der Waals surface area contributed by atoms with Gasteiger partial charge >= 0.3 is 6.61 Å². The molecule has 0 amide bonds. The summed E-state index contributed by atoms with van der Waals surface area (Å²) in [5.41, 5.74) is 1.01. The Balaban J connectivity index is 1.31. The lowest BCUT2D eigenvalue weighted by Gasteiger charge is -2.33. The van der Waals surface area contributed by atoms with Crippen molar-refractivity contribution in [2.24, 2.45) is 5.92 Å². The third-order valence-corrected chi connectivity index (χ3v) is 5.91. The fourth-order valence-corrected chi connectivity index (χ4v) is 4.22. The Morgan fingerprint density at radius 1 is 1.15 bits per heavy atom. The van der Waals surface area contributed by atoms with Crippen molar-refractivity contribution in [2.45, 2.75) is 57.7 Å². The van der Waals surface area contributed by atoms with Crippen molar-refractivity contribution < 1.29 is 13.5 Å². The molecule has 27 heavy (non-hydrogen) atoms. The van der Waals surface area contributed by atoms with Crippen LogP contribution >= 0.6 is 0 Å². The van der Waals surface area contributed by atoms with E-state index < -0.39 is 6.61 Å². The normalized spacial score (nSPS) is 19.4. The quantitative estimate of drug-likeness (QED) is 0.705. The maximum atomic E-state index is 12.4. The van der Waals surface area contributed by atoms with E-state index in [0.717, 1.165) is 50.5 Å². The van der Waals surface area contributed by atoms with Gasteiger partial charge in [0.2, 0.25) is 0 Å². The molecule has 6 heteroatoms. The number of benzene rings is 1. The largest absolute Gasteiger partial charge is 0.435 e. The predicted octanol–water partition coefficient (Wildman–Crippen LogP) is 4.66. The summed E-state index contributed by atoms with van der Waals surface area (Å²) in [6.07, 6.45) is 10.3. The highest BCUT2D eigenvalue weighted by Crippen LogP contribution is 2.32. The zero-order chi connectivity index (χ0) is 18.6. The van der Waals surface area contributed by atoms with Crippen LogP contribution in [0.1, 0.15) is 49.4 Å². The number of ether oxygens (including phenoxy) is 1. The van der Waals surface area contributed by atoms with E-state index in [1.807, 2.05) is 12.3 Å². The number of likely N-dealkylation sites (tertiary alicyclic amines) is 1. The average molecular weight is 375 g/mol. The fourth-order valence-electron chi connectivity index (χ4n) is 4.22. The van der Waals surface area contributed by atoms with E-state index >= 15 is 0 Å². The Morgan fingerprint density at radius 2 is 1.96 bits per heavy atom. The lowest BCUT2D eigenvalue weighted by Crippen LogP contribution is -2.33. The number of alkyl halides is 2. The number of imidazole rings is 1. The maximum Gasteiger partial charge on any atom is 0.387 e. The van der Waals surface area contributed by atoms with Gasteiger partial charge in [0.1, 0.15) is 11.6 Å². The minimum atomic E-state index is -2.78. The van der Waals surface area contributed by atoms with Gasteiger partial charge in [0.05, 0.1) is 0 Å². The minimum Gasteiger partial charge on any atom is -0.435 e. The van der Waals surface area contributed by atoms with Crippen LogP contribution in [0.25, 0.3) is 0 Å². The molecule has 1 saturated heterocycles. The Kier molecular flexibility index (Phi) is 5.72. The first-order chi connectivity index (χ1) is 13.2. The van der Waals surface area contributed by atoms with E-state index in [9.17, 15) is 8.78 Å². The molecule has 1 aliphatic carbocycles. The summed E-state index contributed by atoms with van der Waals surface area (Å²) in [6, 6.07) is 7.03. The van der Waals surface area contributed by atoms with Gasteiger partial charge in [-0.1, -0.05) is 18.6 Å². The van der Waals surface area contributed by atoms with Gasteiger partial charge in [0.15, 0.2) is 0 Å². The summed E-state index contributed by atoms with van der Waals surface area (Å²) in [5, 5.41) is 0. The topological polar surface area (TPSA) is 30.3 Å². The summed E-state index contributed by atoms with van der Waals surface area (Å²) in [6.45, 7) is 1.11. The number of halogens is 2. The first kappa shape index (κ1) is 18.4. The summed E-state index contributed by atoms with van der Waals surface area (Å²) >= 11 is 0. The number of nitrogens with zero attached hydrogens (tertiary/aromatic N) is 3. The van der Waals surface area contributed by atoms with Gasteiger partial charge in [-0.25, -0.2) is 4.98 Å². The zero-order valence-corrected chi connectivity index (χ0v) is 15.6. The molecule has 0 N–H and O–H groups in total. The van der Waals surface area contributed by atoms with Gasteiger partial charge in [-0.2, -0.15) is 8.78 Å². The fraction of sp³-hybridized carbons (Fsp3) is 0.571. The van der Waals surface area contributed by atoms with Crippen molar-refractivity contribution in [2.75, 3.05) is 13.1 Å². The van der Waals surface area contributed by atoms with Gasteiger partial charge in [-0.15, -0.1) is 0 Å². The second-order valence-electron chi connectivity index (χ2n) is 7.81. The smallest absolute Gasteiger partial charge is 0.387 e. The van der Waals surface area contributed by atoms with E-state index in [2.05, 4.69) is 25.4 Å². The maximum absolute atomic E-state index is 12.4. The number of piperidine rings is 1. The lowest BCUT2D eigenvalue weighted by atomic mass is 9.85. The second-order valence-corrected chi connectivity index (χ2v) is 7.81. The second kappa shape index (κ2) is 8.38. The number of hydrogen-bond acceptors (Lipinski definition) is 3. The van der Waals surface area contributed by atoms with Crippen molar-refractivity contribution in [3.8, 4) is 5.75 Å². The van der Waals surface area contributed by atoms with Crippen LogP contribution in [-0.4, -0.2) is 34.2 Å². The van der Waals surface area contributed by atoms with E-state index in [0.29, 0.717) is 5.92 Å². The number of hydrogen-bond donors (Lipinski definition) is 0. The SMILES string of the molecule is FC(F)Oc1cccc(CN2CCC(c3nccn3CC3CCC3)CC2)c1. The van der Waals surface area contributed by atoms with Crippen molar-refractivity contribution >= 4 is 0 Å². The molecule has 2 aromatic rings. The summed E-state index contributed by atoms with van der Waals surface area (Å²) in [4.78, 5) is 7.04. The highest BCUT2D eigenvalue weighted by atomic mass is 19.3. The van der Waals surface area contributed by atoms with Gasteiger partial charge in [0, 0.05) is 31.4 Å². The monoisotopic (exact) mass is 375 g/mol. The molecule has 2 heterocycles. The summed E-state index contributed by atoms with van der Waals surface area (Å²) < 4.78 is 31.6. The standard InChI is InChI=1S/C21H27F2N3O/c22-21(23)27-19-6-2-5-17(13-19)14-25-10-7-18(8-11-25)20-24-9-12-26(20)15-16-3-1-4-16/h2,5-6,9,12-13,16,18,21H,1,3-4,7-8,10-11,14-15H2. The Hall–Kier alpha value is -1.95. The van der Waals surface area contributed by atoms with Crippen molar-refractivity contribution in [1.82, 2.24) is 14.5 Å². The molecule has 4 nitrogen and oxygen atoms in total. The molecule has 2 aliphatic rings. The van der Waals surface area contributed by atoms with Crippen LogP contribution in [0.3, 0.4) is 0 Å². The summed E-state index contributed by atoms with van der Waals surface area (Å²) in [7, 11) is 0. The van der Waals surface area contributed by atoms with Crippen LogP contribution < -0.4 is 4.74 Å². The van der Waals surface area contributed by atoms with Crippen LogP contribution in [0.5, 0.6) is 5.75 Å². The van der Waals surface area contributed by atoms with Crippen molar-refractivity contribution in [3.63, 3.8) is 0 Å². The highest BCUT2D eigenvalue weighted by Gasteiger charge is 2.26. The van der Waals surface area contributed by atoms with Gasteiger partial charge in [-0.05, 0) is 62.4 Å². The molecule has 0 atom stereocenters. The first-order valence-electron chi connectivity index (χ1n) is 9.94. The molecule has 1 aromatic carbocycles. The Morgan fingerprint density at radius 3 is 2.67 bits per heavy atom. The minimum absolute atomic E-state index is 0.232. The molecule has 0 unspecified atom stereocenters. The molecule has 4 rings (SSSR count). The Labute approximate surface area is 159 Å². The van der Waals surface area contributed by atoms with Crippen LogP contribution in [0.15, 0.2) is 36.7 Å². The molecule has 0 spiro atoms. The van der Waals surface area contributed by atoms with Crippen LogP contribution in [0.2, 0.25) is 0 Å². The molecular weight excluding hydrogens is 348 g/mol. The molecule has 0 bridgehead atoms. The van der Waals surface area contributed by atoms with E-state index in [-0.39, 0.29) is 5.75 Å². The molecular formula is C21H27F2N3O. The Bertz CT molecular complexity index is 737. The third-order valence-electron chi connectivity index (χ3n) is 5.91. The predicted molar refractivity (Wildman–Crippen MR) is 99.9 cm³/mol. The zero-order valence-electron chi connectivity index (χ0n) is 15.6. The summed E-state index contributed by atoms with van der Waals surface area (Å²) in [5.74, 6) is 2.83. The molecule has 1 saturated carbocycles. The average Bonchev–Trinajstić information content (AvgIpc) is 3.07. The number of aromatic nitrogens is 2. The molecule has 0 radical (unpaired) electrons. The molecule has 146 valence electrons. The van der Waals surface area contributed by atoms with E-state index in [1.165, 1.54) is 25.1 Å². The van der Waals surface area contributed by atoms with E-state index in [1.54, 1.807) is 18.2 Å². The molecule has 1 aromatic heterocycles. The van der Waals surface area contributed by atoms with Crippen LogP contribution in [0, 0.1) is 5.92 Å². The van der Waals surface area contributed by atoms with Crippen molar-refractivity contribution in [1.29, 1.82) is 0 Å². The van der Waals surface area contributed by atoms with Crippen LogP contribution in [-0.2, 0) is 13.1 Å². The number of rotatable bonds is 7. The van der Waals surface area contributed by atoms with Gasteiger partial charge in [0.25, 0.3) is 0 Å². The lowest BCUT2D eigenvalue weighted by molar-refractivity contribution is -0.0499. The van der Waals surface area contributed by atoms with Crippen LogP contribution in [0.4, 0.5) is 8.78 Å².